The second kappa shape index (κ2) is 6.81. The minimum atomic E-state index is -1.07. The van der Waals surface area contributed by atoms with Crippen LogP contribution in [0.2, 0.25) is 0 Å². The summed E-state index contributed by atoms with van der Waals surface area (Å²) in [6, 6.07) is -1.64. The number of carboxylic acids is 1. The van der Waals surface area contributed by atoms with Gasteiger partial charge in [-0.15, -0.1) is 0 Å². The molecule has 0 fully saturated rings. The van der Waals surface area contributed by atoms with E-state index >= 15 is 0 Å². The maximum Gasteiger partial charge on any atom is 0.326 e. The third kappa shape index (κ3) is 5.33. The number of carbonyl (C=O) groups excluding carboxylic acids is 2. The van der Waals surface area contributed by atoms with Crippen LogP contribution in [0.1, 0.15) is 27.2 Å². The van der Waals surface area contributed by atoms with Gasteiger partial charge in [-0.25, -0.2) is 4.79 Å². The van der Waals surface area contributed by atoms with Crippen LogP contribution in [0.4, 0.5) is 0 Å². The van der Waals surface area contributed by atoms with Crippen molar-refractivity contribution in [3.63, 3.8) is 0 Å². The topological polar surface area (TPSA) is 95.5 Å². The second-order valence-electron chi connectivity index (χ2n) is 4.04. The van der Waals surface area contributed by atoms with Crippen molar-refractivity contribution in [2.45, 2.75) is 39.3 Å². The molecule has 92 valence electrons. The molecule has 2 unspecified atom stereocenters. The molecule has 16 heavy (non-hydrogen) atoms. The fraction of sp³-hybridized carbons (Fsp3) is 0.700. The number of hydrogen-bond acceptors (Lipinski definition) is 3. The minimum Gasteiger partial charge on any atom is -0.480 e. The standard InChI is InChI=1S/C10H18N2O4/c1-6(2)4-8(10(15)16)12-9(14)7(3)11-5-13/h5-8H,4H2,1-3H3,(H,11,13)(H,12,14)(H,15,16). The van der Waals surface area contributed by atoms with Crippen LogP contribution in [0.3, 0.4) is 0 Å². The van der Waals surface area contributed by atoms with Crippen LogP contribution in [-0.2, 0) is 14.4 Å². The third-order valence-corrected chi connectivity index (χ3v) is 2.03. The molecule has 0 radical (unpaired) electrons. The van der Waals surface area contributed by atoms with Crippen LogP contribution >= 0.6 is 0 Å². The summed E-state index contributed by atoms with van der Waals surface area (Å²) in [6.45, 7) is 5.22. The number of rotatable bonds is 7. The lowest BCUT2D eigenvalue weighted by Gasteiger charge is -2.18. The summed E-state index contributed by atoms with van der Waals surface area (Å²) in [5.41, 5.74) is 0. The Labute approximate surface area is 94.4 Å². The molecule has 0 aromatic heterocycles. The van der Waals surface area contributed by atoms with Gasteiger partial charge >= 0.3 is 5.97 Å². The molecule has 0 spiro atoms. The Bertz CT molecular complexity index is 266. The average Bonchev–Trinajstić information content (AvgIpc) is 2.16. The van der Waals surface area contributed by atoms with Gasteiger partial charge in [-0.1, -0.05) is 13.8 Å². The van der Waals surface area contributed by atoms with Gasteiger partial charge < -0.3 is 15.7 Å². The van der Waals surface area contributed by atoms with Crippen molar-refractivity contribution in [3.8, 4) is 0 Å². The Morgan fingerprint density at radius 1 is 1.31 bits per heavy atom. The normalized spacial score (nSPS) is 14.0. The molecule has 2 amide bonds. The van der Waals surface area contributed by atoms with Crippen molar-refractivity contribution in [3.05, 3.63) is 0 Å². The maximum atomic E-state index is 11.4. The molecule has 3 N–H and O–H groups in total. The summed E-state index contributed by atoms with van der Waals surface area (Å²) >= 11 is 0. The fourth-order valence-electron chi connectivity index (χ4n) is 1.17. The van der Waals surface area contributed by atoms with Gasteiger partial charge in [0, 0.05) is 0 Å². The van der Waals surface area contributed by atoms with Gasteiger partial charge in [0.2, 0.25) is 12.3 Å². The van der Waals surface area contributed by atoms with Crippen LogP contribution < -0.4 is 10.6 Å². The Balaban J connectivity index is 4.33. The monoisotopic (exact) mass is 230 g/mol. The quantitative estimate of drug-likeness (QED) is 0.525. The molecular formula is C10H18N2O4. The molecule has 6 nitrogen and oxygen atoms in total. The fourth-order valence-corrected chi connectivity index (χ4v) is 1.17. The SMILES string of the molecule is CC(C)CC(NC(=O)C(C)NC=O)C(=O)O. The van der Waals surface area contributed by atoms with Gasteiger partial charge in [-0.3, -0.25) is 9.59 Å². The van der Waals surface area contributed by atoms with Crippen molar-refractivity contribution >= 4 is 18.3 Å². The first-order valence-electron chi connectivity index (χ1n) is 5.11. The van der Waals surface area contributed by atoms with Crippen molar-refractivity contribution in [1.82, 2.24) is 10.6 Å². The Kier molecular flexibility index (Phi) is 6.14. The molecule has 2 atom stereocenters. The van der Waals surface area contributed by atoms with E-state index in [2.05, 4.69) is 10.6 Å². The molecule has 0 bridgehead atoms. The van der Waals surface area contributed by atoms with Crippen LogP contribution in [-0.4, -0.2) is 35.5 Å². The third-order valence-electron chi connectivity index (χ3n) is 2.03. The van der Waals surface area contributed by atoms with Crippen LogP contribution in [0.25, 0.3) is 0 Å². The van der Waals surface area contributed by atoms with Gasteiger partial charge in [-0.05, 0) is 19.3 Å². The molecule has 0 aliphatic carbocycles. The van der Waals surface area contributed by atoms with Crippen LogP contribution in [0, 0.1) is 5.92 Å². The number of aliphatic carboxylic acids is 1. The lowest BCUT2D eigenvalue weighted by atomic mass is 10.0. The smallest absolute Gasteiger partial charge is 0.326 e. The maximum absolute atomic E-state index is 11.4. The summed E-state index contributed by atoms with van der Waals surface area (Å²) in [7, 11) is 0. The highest BCUT2D eigenvalue weighted by atomic mass is 16.4. The lowest BCUT2D eigenvalue weighted by molar-refractivity contribution is -0.142. The Hall–Kier alpha value is -1.59. The molecular weight excluding hydrogens is 212 g/mol. The number of carbonyl (C=O) groups is 3. The largest absolute Gasteiger partial charge is 0.480 e. The van der Waals surface area contributed by atoms with E-state index in [1.54, 1.807) is 0 Å². The first-order chi connectivity index (χ1) is 7.38. The molecule has 0 aliphatic rings. The van der Waals surface area contributed by atoms with Gasteiger partial charge in [-0.2, -0.15) is 0 Å². The van der Waals surface area contributed by atoms with Gasteiger partial charge in [0.25, 0.3) is 0 Å². The van der Waals surface area contributed by atoms with E-state index in [-0.39, 0.29) is 5.92 Å². The van der Waals surface area contributed by atoms with Crippen molar-refractivity contribution in [2.24, 2.45) is 5.92 Å². The van der Waals surface area contributed by atoms with Crippen molar-refractivity contribution in [1.29, 1.82) is 0 Å². The van der Waals surface area contributed by atoms with Crippen molar-refractivity contribution in [2.75, 3.05) is 0 Å². The average molecular weight is 230 g/mol. The molecule has 0 saturated heterocycles. The Morgan fingerprint density at radius 2 is 1.88 bits per heavy atom. The summed E-state index contributed by atoms with van der Waals surface area (Å²) in [5.74, 6) is -1.41. The highest BCUT2D eigenvalue weighted by molar-refractivity contribution is 5.87. The summed E-state index contributed by atoms with van der Waals surface area (Å²) in [4.78, 5) is 32.4. The summed E-state index contributed by atoms with van der Waals surface area (Å²) in [6.07, 6.45) is 0.761. The van der Waals surface area contributed by atoms with E-state index in [0.717, 1.165) is 0 Å². The van der Waals surface area contributed by atoms with E-state index in [4.69, 9.17) is 5.11 Å². The van der Waals surface area contributed by atoms with E-state index in [0.29, 0.717) is 12.8 Å². The number of nitrogens with one attached hydrogen (secondary N) is 2. The highest BCUT2D eigenvalue weighted by Gasteiger charge is 2.23. The zero-order valence-electron chi connectivity index (χ0n) is 9.69. The summed E-state index contributed by atoms with van der Waals surface area (Å²) < 4.78 is 0. The predicted octanol–water partition coefficient (Wildman–Crippen LogP) is -0.264. The molecule has 6 heteroatoms. The molecule has 0 rings (SSSR count). The zero-order valence-corrected chi connectivity index (χ0v) is 9.69. The molecule has 0 saturated carbocycles. The van der Waals surface area contributed by atoms with Gasteiger partial charge in [0.15, 0.2) is 0 Å². The molecule has 0 heterocycles. The zero-order chi connectivity index (χ0) is 12.7. The highest BCUT2D eigenvalue weighted by Crippen LogP contribution is 2.05. The lowest BCUT2D eigenvalue weighted by Crippen LogP contribution is -2.49. The van der Waals surface area contributed by atoms with E-state index in [1.807, 2.05) is 13.8 Å². The first kappa shape index (κ1) is 14.4. The van der Waals surface area contributed by atoms with Gasteiger partial charge in [0.1, 0.15) is 12.1 Å². The minimum absolute atomic E-state index is 0.163. The van der Waals surface area contributed by atoms with Crippen LogP contribution in [0.5, 0.6) is 0 Å². The van der Waals surface area contributed by atoms with E-state index in [9.17, 15) is 14.4 Å². The van der Waals surface area contributed by atoms with E-state index in [1.165, 1.54) is 6.92 Å². The predicted molar refractivity (Wildman–Crippen MR) is 57.7 cm³/mol. The number of hydrogen-bond donors (Lipinski definition) is 3. The second-order valence-corrected chi connectivity index (χ2v) is 4.04. The molecule has 0 aromatic carbocycles. The molecule has 0 aromatic rings. The first-order valence-corrected chi connectivity index (χ1v) is 5.11. The summed E-state index contributed by atoms with van der Waals surface area (Å²) in [5, 5.41) is 13.5. The van der Waals surface area contributed by atoms with Crippen molar-refractivity contribution < 1.29 is 19.5 Å². The number of amides is 2. The van der Waals surface area contributed by atoms with Gasteiger partial charge in [0.05, 0.1) is 0 Å². The Morgan fingerprint density at radius 3 is 2.25 bits per heavy atom. The van der Waals surface area contributed by atoms with E-state index < -0.39 is 24.0 Å². The number of carboxylic acid groups (broad SMARTS) is 1. The molecule has 0 aliphatic heterocycles. The van der Waals surface area contributed by atoms with Crippen LogP contribution in [0.15, 0.2) is 0 Å².